The van der Waals surface area contributed by atoms with Crippen LogP contribution in [0.5, 0.6) is 0 Å². The third kappa shape index (κ3) is 6.85. The van der Waals surface area contributed by atoms with Gasteiger partial charge in [-0.3, -0.25) is 9.10 Å². The van der Waals surface area contributed by atoms with Crippen molar-refractivity contribution in [3.05, 3.63) is 88.9 Å². The second-order valence-electron chi connectivity index (χ2n) is 7.17. The number of rotatable bonds is 10. The third-order valence-electron chi connectivity index (χ3n) is 4.65. The monoisotopic (exact) mass is 532 g/mol. The van der Waals surface area contributed by atoms with Gasteiger partial charge in [0.05, 0.1) is 10.6 Å². The average molecular weight is 534 g/mol. The fourth-order valence-corrected chi connectivity index (χ4v) is 5.65. The van der Waals surface area contributed by atoms with Crippen molar-refractivity contribution in [1.29, 1.82) is 0 Å². The molecule has 0 heterocycles. The Labute approximate surface area is 202 Å². The van der Waals surface area contributed by atoms with E-state index in [2.05, 4.69) is 52.4 Å². The first kappa shape index (κ1) is 24.4. The summed E-state index contributed by atoms with van der Waals surface area (Å²) in [5.74, 6) is 0.519. The first-order valence-corrected chi connectivity index (χ1v) is 13.4. The number of hydrogen-bond acceptors (Lipinski definition) is 4. The summed E-state index contributed by atoms with van der Waals surface area (Å²) in [7, 11) is -3.89. The van der Waals surface area contributed by atoms with Crippen molar-refractivity contribution < 1.29 is 13.2 Å². The number of carbonyl (C=O) groups excluding carboxylic acids is 1. The van der Waals surface area contributed by atoms with Crippen LogP contribution in [0.4, 0.5) is 5.69 Å². The van der Waals surface area contributed by atoms with Gasteiger partial charge in [-0.05, 0) is 61.6 Å². The standard InChI is InChI=1S/C24H25BrN2O3S2/c1-19-11-13-22(14-12-19)31-16-6-15-26-24(28)18-27(21-8-5-7-20(25)17-21)32(29,30)23-9-3-2-4-10-23/h2-5,7-14,17H,6,15-16,18H2,1H3,(H,26,28). The van der Waals surface area contributed by atoms with Crippen molar-refractivity contribution >= 4 is 49.3 Å². The number of sulfonamides is 1. The fraction of sp³-hybridized carbons (Fsp3) is 0.208. The Bertz CT molecular complexity index is 1140. The normalized spacial score (nSPS) is 11.2. The van der Waals surface area contributed by atoms with Crippen molar-refractivity contribution in [3.63, 3.8) is 0 Å². The van der Waals surface area contributed by atoms with Gasteiger partial charge in [0, 0.05) is 15.9 Å². The van der Waals surface area contributed by atoms with Gasteiger partial charge in [0.2, 0.25) is 5.91 Å². The van der Waals surface area contributed by atoms with Crippen LogP contribution < -0.4 is 9.62 Å². The molecule has 0 atom stereocenters. The zero-order chi connectivity index (χ0) is 23.0. The van der Waals surface area contributed by atoms with E-state index in [1.165, 1.54) is 22.6 Å². The minimum absolute atomic E-state index is 0.141. The molecule has 168 valence electrons. The van der Waals surface area contributed by atoms with Crippen LogP contribution in [0.3, 0.4) is 0 Å². The van der Waals surface area contributed by atoms with Crippen LogP contribution in [0, 0.1) is 6.92 Å². The molecule has 8 heteroatoms. The molecule has 0 saturated carbocycles. The molecule has 5 nitrogen and oxygen atoms in total. The van der Waals surface area contributed by atoms with Crippen molar-refractivity contribution in [2.75, 3.05) is 23.1 Å². The molecule has 0 aromatic heterocycles. The fourth-order valence-electron chi connectivity index (χ4n) is 2.98. The molecule has 1 amide bonds. The predicted molar refractivity (Wildman–Crippen MR) is 135 cm³/mol. The lowest BCUT2D eigenvalue weighted by molar-refractivity contribution is -0.119. The molecule has 1 N–H and O–H groups in total. The summed E-state index contributed by atoms with van der Waals surface area (Å²) in [6.45, 7) is 2.24. The van der Waals surface area contributed by atoms with E-state index in [1.807, 2.05) is 6.07 Å². The smallest absolute Gasteiger partial charge is 0.264 e. The van der Waals surface area contributed by atoms with Gasteiger partial charge in [-0.2, -0.15) is 0 Å². The summed E-state index contributed by atoms with van der Waals surface area (Å²) in [5.41, 5.74) is 1.65. The molecule has 0 aliphatic rings. The molecular weight excluding hydrogens is 508 g/mol. The number of carbonyl (C=O) groups is 1. The molecule has 3 rings (SSSR count). The summed E-state index contributed by atoms with van der Waals surface area (Å²) < 4.78 is 28.4. The van der Waals surface area contributed by atoms with Crippen LogP contribution in [-0.2, 0) is 14.8 Å². The van der Waals surface area contributed by atoms with Crippen molar-refractivity contribution in [1.82, 2.24) is 5.32 Å². The van der Waals surface area contributed by atoms with E-state index in [0.29, 0.717) is 12.2 Å². The number of nitrogens with zero attached hydrogens (tertiary/aromatic N) is 1. The highest BCUT2D eigenvalue weighted by molar-refractivity contribution is 9.10. The molecule has 3 aromatic carbocycles. The van der Waals surface area contributed by atoms with E-state index < -0.39 is 10.0 Å². The Balaban J connectivity index is 1.62. The Morgan fingerprint density at radius 2 is 1.72 bits per heavy atom. The van der Waals surface area contributed by atoms with Crippen LogP contribution in [0.25, 0.3) is 0 Å². The highest BCUT2D eigenvalue weighted by Crippen LogP contribution is 2.26. The van der Waals surface area contributed by atoms with Crippen LogP contribution in [-0.4, -0.2) is 33.2 Å². The molecule has 0 aliphatic carbocycles. The van der Waals surface area contributed by atoms with E-state index in [-0.39, 0.29) is 17.3 Å². The van der Waals surface area contributed by atoms with E-state index in [0.717, 1.165) is 21.0 Å². The van der Waals surface area contributed by atoms with Crippen LogP contribution in [0.15, 0.2) is 93.1 Å². The number of amides is 1. The Kier molecular flexibility index (Phi) is 8.78. The van der Waals surface area contributed by atoms with Gasteiger partial charge in [-0.15, -0.1) is 11.8 Å². The Morgan fingerprint density at radius 1 is 1.00 bits per heavy atom. The van der Waals surface area contributed by atoms with Crippen molar-refractivity contribution in [2.45, 2.75) is 23.1 Å². The second kappa shape index (κ2) is 11.5. The maximum Gasteiger partial charge on any atom is 0.264 e. The van der Waals surface area contributed by atoms with Gasteiger partial charge < -0.3 is 5.32 Å². The molecule has 0 fully saturated rings. The number of benzene rings is 3. The summed E-state index contributed by atoms with van der Waals surface area (Å²) in [5, 5.41) is 2.85. The summed E-state index contributed by atoms with van der Waals surface area (Å²) >= 11 is 5.11. The number of halogens is 1. The highest BCUT2D eigenvalue weighted by atomic mass is 79.9. The maximum atomic E-state index is 13.3. The molecule has 3 aromatic rings. The largest absolute Gasteiger partial charge is 0.354 e. The molecule has 0 spiro atoms. The molecule has 0 radical (unpaired) electrons. The molecule has 0 bridgehead atoms. The zero-order valence-corrected chi connectivity index (χ0v) is 20.9. The quantitative estimate of drug-likeness (QED) is 0.286. The number of nitrogens with one attached hydrogen (secondary N) is 1. The predicted octanol–water partition coefficient (Wildman–Crippen LogP) is 5.25. The molecule has 0 unspecified atom stereocenters. The SMILES string of the molecule is Cc1ccc(SCCCNC(=O)CN(c2cccc(Br)c2)S(=O)(=O)c2ccccc2)cc1. The summed E-state index contributed by atoms with van der Waals surface area (Å²) in [6.07, 6.45) is 0.784. The topological polar surface area (TPSA) is 66.5 Å². The summed E-state index contributed by atoms with van der Waals surface area (Å²) in [6, 6.07) is 23.4. The minimum atomic E-state index is -3.89. The number of anilines is 1. The average Bonchev–Trinajstić information content (AvgIpc) is 2.79. The molecule has 0 aliphatic heterocycles. The van der Waals surface area contributed by atoms with Gasteiger partial charge in [0.25, 0.3) is 10.0 Å². The van der Waals surface area contributed by atoms with Crippen LogP contribution in [0.1, 0.15) is 12.0 Å². The van der Waals surface area contributed by atoms with Gasteiger partial charge in [0.15, 0.2) is 0 Å². The number of aryl methyl sites for hydroxylation is 1. The molecule has 0 saturated heterocycles. The third-order valence-corrected chi connectivity index (χ3v) is 8.03. The van der Waals surface area contributed by atoms with Crippen LogP contribution in [0.2, 0.25) is 0 Å². The van der Waals surface area contributed by atoms with Gasteiger partial charge in [0.1, 0.15) is 6.54 Å². The van der Waals surface area contributed by atoms with Gasteiger partial charge in [-0.1, -0.05) is 57.9 Å². The second-order valence-corrected chi connectivity index (χ2v) is 11.1. The number of thioether (sulfide) groups is 1. The maximum absolute atomic E-state index is 13.3. The number of hydrogen-bond donors (Lipinski definition) is 1. The van der Waals surface area contributed by atoms with E-state index in [4.69, 9.17) is 0 Å². The highest BCUT2D eigenvalue weighted by Gasteiger charge is 2.27. The summed E-state index contributed by atoms with van der Waals surface area (Å²) in [4.78, 5) is 14.0. The molecule has 32 heavy (non-hydrogen) atoms. The van der Waals surface area contributed by atoms with Gasteiger partial charge in [-0.25, -0.2) is 8.42 Å². The lowest BCUT2D eigenvalue weighted by atomic mass is 10.2. The Hall–Kier alpha value is -2.29. The first-order chi connectivity index (χ1) is 15.4. The van der Waals surface area contributed by atoms with Crippen molar-refractivity contribution in [3.8, 4) is 0 Å². The first-order valence-electron chi connectivity index (χ1n) is 10.2. The lowest BCUT2D eigenvalue weighted by Gasteiger charge is -2.24. The zero-order valence-electron chi connectivity index (χ0n) is 17.7. The van der Waals surface area contributed by atoms with Crippen molar-refractivity contribution in [2.24, 2.45) is 0 Å². The Morgan fingerprint density at radius 3 is 2.41 bits per heavy atom. The minimum Gasteiger partial charge on any atom is -0.354 e. The van der Waals surface area contributed by atoms with E-state index in [9.17, 15) is 13.2 Å². The van der Waals surface area contributed by atoms with E-state index in [1.54, 1.807) is 48.2 Å². The van der Waals surface area contributed by atoms with Crippen LogP contribution >= 0.6 is 27.7 Å². The van der Waals surface area contributed by atoms with E-state index >= 15 is 0 Å². The molecular formula is C24H25BrN2O3S2. The van der Waals surface area contributed by atoms with Gasteiger partial charge >= 0.3 is 0 Å². The lowest BCUT2D eigenvalue weighted by Crippen LogP contribution is -2.41.